The molecular formula is C47H78N2O2. The van der Waals surface area contributed by atoms with E-state index in [1.54, 1.807) is 0 Å². The van der Waals surface area contributed by atoms with E-state index < -0.39 is 0 Å². The summed E-state index contributed by atoms with van der Waals surface area (Å²) in [5, 5.41) is 0. The lowest BCUT2D eigenvalue weighted by atomic mass is 9.98. The molecule has 0 unspecified atom stereocenters. The van der Waals surface area contributed by atoms with Gasteiger partial charge >= 0.3 is 0 Å². The summed E-state index contributed by atoms with van der Waals surface area (Å²) in [7, 11) is 0. The van der Waals surface area contributed by atoms with E-state index in [0.717, 1.165) is 45.3 Å². The zero-order chi connectivity index (χ0) is 35.9. The summed E-state index contributed by atoms with van der Waals surface area (Å²) in [5.74, 6) is -0.359. The van der Waals surface area contributed by atoms with Crippen molar-refractivity contribution in [3.8, 4) is 0 Å². The maximum Gasteiger partial charge on any atom is 0.169 e. The molecule has 0 radical (unpaired) electrons. The minimum absolute atomic E-state index is 0.209. The summed E-state index contributed by atoms with van der Waals surface area (Å²) >= 11 is 0. The number of hydrogen-bond donors (Lipinski definition) is 0. The Morgan fingerprint density at radius 2 is 0.941 bits per heavy atom. The first-order valence-electron chi connectivity index (χ1n) is 21.8. The van der Waals surface area contributed by atoms with Crippen molar-refractivity contribution in [1.82, 2.24) is 9.88 Å². The molecule has 4 heteroatoms. The van der Waals surface area contributed by atoms with Gasteiger partial charge in [-0.05, 0) is 94.7 Å². The number of unbranched alkanes of at least 4 members (excludes halogenated alkanes) is 18. The van der Waals surface area contributed by atoms with Crippen LogP contribution in [0.2, 0.25) is 0 Å². The molecule has 2 aliphatic rings. The van der Waals surface area contributed by atoms with Crippen molar-refractivity contribution in [3.05, 3.63) is 78.7 Å². The molecule has 0 spiro atoms. The highest BCUT2D eigenvalue weighted by Crippen LogP contribution is 2.41. The van der Waals surface area contributed by atoms with E-state index in [9.17, 15) is 0 Å². The minimum atomic E-state index is -0.359. The van der Waals surface area contributed by atoms with E-state index >= 15 is 0 Å². The number of ether oxygens (including phenoxy) is 2. The van der Waals surface area contributed by atoms with Crippen LogP contribution in [0, 0.1) is 0 Å². The fourth-order valence-corrected chi connectivity index (χ4v) is 7.63. The van der Waals surface area contributed by atoms with E-state index in [0.29, 0.717) is 0 Å². The number of fused-ring (bicyclic) bond motifs is 1. The average molecular weight is 703 g/mol. The van der Waals surface area contributed by atoms with E-state index in [1.165, 1.54) is 147 Å². The second kappa shape index (κ2) is 29.4. The Hall–Kier alpha value is -2.01. The van der Waals surface area contributed by atoms with Crippen molar-refractivity contribution in [3.63, 3.8) is 0 Å². The SMILES string of the molecule is CCCCCC=CCC=CCCCCCCCCC1(CCCCCCCCC=CCC=CCCCCC)O[C@H]2CN(Cc3ccncc3)C[C@@H]2O1. The van der Waals surface area contributed by atoms with Gasteiger partial charge in [-0.3, -0.25) is 9.88 Å². The van der Waals surface area contributed by atoms with Gasteiger partial charge in [0.05, 0.1) is 0 Å². The largest absolute Gasteiger partial charge is 0.343 e. The third-order valence-corrected chi connectivity index (χ3v) is 10.7. The summed E-state index contributed by atoms with van der Waals surface area (Å²) < 4.78 is 13.8. The van der Waals surface area contributed by atoms with E-state index in [4.69, 9.17) is 9.47 Å². The summed E-state index contributed by atoms with van der Waals surface area (Å²) in [6.45, 7) is 7.44. The van der Waals surface area contributed by atoms with Crippen molar-refractivity contribution in [2.45, 2.75) is 205 Å². The lowest BCUT2D eigenvalue weighted by molar-refractivity contribution is -0.194. The predicted octanol–water partition coefficient (Wildman–Crippen LogP) is 13.8. The zero-order valence-corrected chi connectivity index (χ0v) is 33.3. The number of aromatic nitrogens is 1. The maximum atomic E-state index is 6.89. The minimum Gasteiger partial charge on any atom is -0.343 e. The van der Waals surface area contributed by atoms with Gasteiger partial charge in [-0.15, -0.1) is 0 Å². The molecule has 1 aromatic heterocycles. The Bertz CT molecular complexity index is 999. The van der Waals surface area contributed by atoms with Crippen LogP contribution in [0.3, 0.4) is 0 Å². The Balaban J connectivity index is 1.28. The van der Waals surface area contributed by atoms with Crippen molar-refractivity contribution < 1.29 is 9.47 Å². The third-order valence-electron chi connectivity index (χ3n) is 10.7. The summed E-state index contributed by atoms with van der Waals surface area (Å²) in [6, 6.07) is 4.24. The zero-order valence-electron chi connectivity index (χ0n) is 33.3. The summed E-state index contributed by atoms with van der Waals surface area (Å²) in [4.78, 5) is 6.68. The van der Waals surface area contributed by atoms with Gasteiger partial charge < -0.3 is 9.47 Å². The second-order valence-corrected chi connectivity index (χ2v) is 15.4. The molecule has 2 fully saturated rings. The fourth-order valence-electron chi connectivity index (χ4n) is 7.63. The number of hydrogen-bond acceptors (Lipinski definition) is 4. The van der Waals surface area contributed by atoms with Gasteiger partial charge in [-0.1, -0.05) is 140 Å². The van der Waals surface area contributed by atoms with Gasteiger partial charge in [-0.25, -0.2) is 0 Å². The highest BCUT2D eigenvalue weighted by molar-refractivity contribution is 5.10. The summed E-state index contributed by atoms with van der Waals surface area (Å²) in [5.41, 5.74) is 1.32. The topological polar surface area (TPSA) is 34.6 Å². The van der Waals surface area contributed by atoms with Crippen LogP contribution in [-0.2, 0) is 16.0 Å². The molecule has 0 amide bonds. The highest BCUT2D eigenvalue weighted by Gasteiger charge is 2.50. The molecule has 3 rings (SSSR count). The van der Waals surface area contributed by atoms with E-state index in [2.05, 4.69) is 84.5 Å². The standard InChI is InChI=1S/C47H78N2O2/c1-3-5-7-9-11-13-15-17-19-21-23-25-27-29-31-33-37-47(50-45-42-49(43-46(45)51-47)41-44-35-39-48-40-36-44)38-34-32-30-28-26-24-22-20-18-16-14-12-10-8-6-4-2/h11-14,17-20,35-36,39-40,45-46H,3-10,15-16,21-34,37-38,41-43H2,1-2H3/t45-,46-/m0/s1. The molecule has 1 aromatic rings. The van der Waals surface area contributed by atoms with Gasteiger partial charge in [0.1, 0.15) is 12.2 Å². The number of likely N-dealkylation sites (tertiary alicyclic amines) is 1. The van der Waals surface area contributed by atoms with Gasteiger partial charge in [0.25, 0.3) is 0 Å². The maximum absolute atomic E-state index is 6.89. The Morgan fingerprint density at radius 1 is 0.549 bits per heavy atom. The molecular weight excluding hydrogens is 625 g/mol. The monoisotopic (exact) mass is 703 g/mol. The molecule has 2 atom stereocenters. The Kier molecular flexibility index (Phi) is 25.1. The van der Waals surface area contributed by atoms with Crippen LogP contribution >= 0.6 is 0 Å². The van der Waals surface area contributed by atoms with E-state index in [-0.39, 0.29) is 18.0 Å². The first kappa shape index (κ1) is 43.4. The van der Waals surface area contributed by atoms with Crippen LogP contribution in [0.25, 0.3) is 0 Å². The Morgan fingerprint density at radius 3 is 1.37 bits per heavy atom. The third kappa shape index (κ3) is 20.7. The van der Waals surface area contributed by atoms with Crippen LogP contribution in [0.1, 0.15) is 186 Å². The fraction of sp³-hybridized carbons (Fsp3) is 0.723. The van der Waals surface area contributed by atoms with Gasteiger partial charge in [0, 0.05) is 44.9 Å². The van der Waals surface area contributed by atoms with Gasteiger partial charge in [0.2, 0.25) is 0 Å². The smallest absolute Gasteiger partial charge is 0.169 e. The van der Waals surface area contributed by atoms with Crippen LogP contribution in [-0.4, -0.2) is 41.0 Å². The van der Waals surface area contributed by atoms with Crippen molar-refractivity contribution in [2.24, 2.45) is 0 Å². The normalized spacial score (nSPS) is 19.2. The molecule has 0 N–H and O–H groups in total. The Labute approximate surface area is 315 Å². The predicted molar refractivity (Wildman–Crippen MR) is 220 cm³/mol. The van der Waals surface area contributed by atoms with Crippen LogP contribution in [0.4, 0.5) is 0 Å². The van der Waals surface area contributed by atoms with Crippen LogP contribution in [0.5, 0.6) is 0 Å². The van der Waals surface area contributed by atoms with Crippen molar-refractivity contribution >= 4 is 0 Å². The average Bonchev–Trinajstić information content (AvgIpc) is 3.67. The molecule has 4 nitrogen and oxygen atoms in total. The van der Waals surface area contributed by atoms with Gasteiger partial charge in [-0.2, -0.15) is 0 Å². The number of nitrogens with zero attached hydrogens (tertiary/aromatic N) is 2. The molecule has 51 heavy (non-hydrogen) atoms. The molecule has 2 aliphatic heterocycles. The second-order valence-electron chi connectivity index (χ2n) is 15.4. The molecule has 2 saturated heterocycles. The van der Waals surface area contributed by atoms with Crippen LogP contribution in [0.15, 0.2) is 73.1 Å². The van der Waals surface area contributed by atoms with Crippen molar-refractivity contribution in [2.75, 3.05) is 13.1 Å². The molecule has 0 aliphatic carbocycles. The summed E-state index contributed by atoms with van der Waals surface area (Å²) in [6.07, 6.45) is 56.0. The first-order chi connectivity index (χ1) is 25.2. The van der Waals surface area contributed by atoms with Gasteiger partial charge in [0.15, 0.2) is 5.79 Å². The highest BCUT2D eigenvalue weighted by atomic mass is 16.8. The van der Waals surface area contributed by atoms with Crippen molar-refractivity contribution in [1.29, 1.82) is 0 Å². The quantitative estimate of drug-likeness (QED) is 0.0553. The lowest BCUT2D eigenvalue weighted by Crippen LogP contribution is -2.35. The number of pyridine rings is 1. The first-order valence-corrected chi connectivity index (χ1v) is 21.8. The van der Waals surface area contributed by atoms with Crippen LogP contribution < -0.4 is 0 Å². The number of rotatable bonds is 32. The lowest BCUT2D eigenvalue weighted by Gasteiger charge is -2.31. The molecule has 288 valence electrons. The molecule has 0 saturated carbocycles. The molecule has 0 aromatic carbocycles. The molecule has 0 bridgehead atoms. The number of allylic oxidation sites excluding steroid dienone is 8. The van der Waals surface area contributed by atoms with E-state index in [1.807, 2.05) is 12.4 Å². The molecule has 3 heterocycles.